The number of rotatable bonds is 6. The second-order valence-corrected chi connectivity index (χ2v) is 6.69. The van der Waals surface area contributed by atoms with Crippen LogP contribution >= 0.6 is 0 Å². The van der Waals surface area contributed by atoms with Gasteiger partial charge in [-0.1, -0.05) is 19.1 Å². The molecule has 6 nitrogen and oxygen atoms in total. The first-order valence-electron chi connectivity index (χ1n) is 6.31. The molecule has 1 aromatic carbocycles. The van der Waals surface area contributed by atoms with Crippen LogP contribution in [0.4, 0.5) is 5.69 Å². The fraction of sp³-hybridized carbons (Fsp3) is 0.462. The minimum Gasteiger partial charge on any atom is -0.329 e. The second kappa shape index (κ2) is 6.34. The number of primary sulfonamides is 1. The van der Waals surface area contributed by atoms with Crippen molar-refractivity contribution in [3.8, 4) is 0 Å². The zero-order valence-electron chi connectivity index (χ0n) is 11.7. The monoisotopic (exact) mass is 299 g/mol. The second-order valence-electron chi connectivity index (χ2n) is 5.08. The summed E-state index contributed by atoms with van der Waals surface area (Å²) < 4.78 is 21.9. The summed E-state index contributed by atoms with van der Waals surface area (Å²) in [6.45, 7) is 3.97. The van der Waals surface area contributed by atoms with E-state index in [1.54, 1.807) is 31.2 Å². The number of carbonyl (C=O) groups is 1. The molecule has 7 heteroatoms. The maximum atomic E-state index is 12.1. The maximum Gasteiger partial charge on any atom is 0.231 e. The van der Waals surface area contributed by atoms with Crippen molar-refractivity contribution in [1.29, 1.82) is 0 Å². The summed E-state index contributed by atoms with van der Waals surface area (Å²) in [5.74, 6) is -0.377. The molecule has 0 saturated carbocycles. The van der Waals surface area contributed by atoms with Crippen molar-refractivity contribution >= 4 is 21.6 Å². The highest BCUT2D eigenvalue weighted by Crippen LogP contribution is 2.22. The molecule has 112 valence electrons. The van der Waals surface area contributed by atoms with E-state index in [2.05, 4.69) is 5.32 Å². The Balaban J connectivity index is 2.78. The van der Waals surface area contributed by atoms with Gasteiger partial charge in [-0.2, -0.15) is 0 Å². The predicted molar refractivity (Wildman–Crippen MR) is 79.3 cm³/mol. The largest absolute Gasteiger partial charge is 0.329 e. The lowest BCUT2D eigenvalue weighted by Gasteiger charge is -2.24. The lowest BCUT2D eigenvalue weighted by atomic mass is 9.86. The van der Waals surface area contributed by atoms with Gasteiger partial charge in [0.25, 0.3) is 0 Å². The number of amides is 1. The molecule has 0 aliphatic heterocycles. The van der Waals surface area contributed by atoms with Crippen LogP contribution in [-0.2, 0) is 20.6 Å². The number of anilines is 1. The Labute approximate surface area is 119 Å². The smallest absolute Gasteiger partial charge is 0.231 e. The Morgan fingerprint density at radius 3 is 2.25 bits per heavy atom. The molecule has 0 fully saturated rings. The third kappa shape index (κ3) is 4.59. The fourth-order valence-corrected chi connectivity index (χ4v) is 2.25. The summed E-state index contributed by atoms with van der Waals surface area (Å²) in [5.41, 5.74) is 6.18. The molecule has 0 aromatic heterocycles. The first-order chi connectivity index (χ1) is 9.20. The number of carbonyl (C=O) groups excluding carboxylic acids is 1. The summed E-state index contributed by atoms with van der Waals surface area (Å²) in [4.78, 5) is 12.1. The van der Waals surface area contributed by atoms with Gasteiger partial charge in [-0.3, -0.25) is 4.79 Å². The van der Waals surface area contributed by atoms with Crippen molar-refractivity contribution in [3.05, 3.63) is 29.8 Å². The molecule has 0 bridgehead atoms. The van der Waals surface area contributed by atoms with Crippen molar-refractivity contribution in [3.63, 3.8) is 0 Å². The van der Waals surface area contributed by atoms with Gasteiger partial charge in [-0.05, 0) is 31.0 Å². The lowest BCUT2D eigenvalue weighted by molar-refractivity contribution is -0.124. The van der Waals surface area contributed by atoms with E-state index in [0.29, 0.717) is 17.7 Å². The third-order valence-corrected chi connectivity index (χ3v) is 4.09. The highest BCUT2D eigenvalue weighted by atomic mass is 32.2. The molecule has 0 saturated heterocycles. The number of hydrogen-bond acceptors (Lipinski definition) is 4. The minimum absolute atomic E-state index is 0.151. The van der Waals surface area contributed by atoms with Crippen LogP contribution in [-0.4, -0.2) is 20.9 Å². The summed E-state index contributed by atoms with van der Waals surface area (Å²) >= 11 is 0. The number of benzene rings is 1. The van der Waals surface area contributed by atoms with Gasteiger partial charge in [0.15, 0.2) is 0 Å². The van der Waals surface area contributed by atoms with Crippen LogP contribution in [0.3, 0.4) is 0 Å². The van der Waals surface area contributed by atoms with E-state index in [1.807, 2.05) is 6.92 Å². The zero-order chi connectivity index (χ0) is 15.4. The molecule has 5 N–H and O–H groups in total. The normalized spacial score (nSPS) is 14.6. The van der Waals surface area contributed by atoms with Crippen molar-refractivity contribution < 1.29 is 13.2 Å². The van der Waals surface area contributed by atoms with Gasteiger partial charge >= 0.3 is 0 Å². The van der Waals surface area contributed by atoms with Crippen LogP contribution < -0.4 is 16.2 Å². The quantitative estimate of drug-likeness (QED) is 0.720. The number of hydrogen-bond donors (Lipinski definition) is 3. The van der Waals surface area contributed by atoms with Gasteiger partial charge in [0.2, 0.25) is 15.9 Å². The van der Waals surface area contributed by atoms with E-state index < -0.39 is 15.4 Å². The van der Waals surface area contributed by atoms with Crippen LogP contribution in [0.5, 0.6) is 0 Å². The maximum absolute atomic E-state index is 12.1. The number of nitrogens with two attached hydrogens (primary N) is 2. The fourth-order valence-electron chi connectivity index (χ4n) is 1.60. The highest BCUT2D eigenvalue weighted by molar-refractivity contribution is 7.88. The molecule has 0 aliphatic carbocycles. The molecule has 1 unspecified atom stereocenters. The Morgan fingerprint density at radius 2 is 1.85 bits per heavy atom. The Bertz CT molecular complexity index is 563. The van der Waals surface area contributed by atoms with Crippen LogP contribution in [0.25, 0.3) is 0 Å². The van der Waals surface area contributed by atoms with E-state index in [0.717, 1.165) is 0 Å². The van der Waals surface area contributed by atoms with E-state index in [1.165, 1.54) is 0 Å². The SMILES string of the molecule is CCC(C)(CN)C(=O)Nc1ccc(CS(N)(=O)=O)cc1. The molecule has 20 heavy (non-hydrogen) atoms. The van der Waals surface area contributed by atoms with Crippen molar-refractivity contribution in [1.82, 2.24) is 0 Å². The molecule has 1 amide bonds. The van der Waals surface area contributed by atoms with Gasteiger partial charge in [-0.15, -0.1) is 0 Å². The number of sulfonamides is 1. The average molecular weight is 299 g/mol. The Morgan fingerprint density at radius 1 is 1.30 bits per heavy atom. The molecular weight excluding hydrogens is 278 g/mol. The van der Waals surface area contributed by atoms with Crippen LogP contribution in [0.15, 0.2) is 24.3 Å². The molecule has 1 rings (SSSR count). The minimum atomic E-state index is -3.55. The van der Waals surface area contributed by atoms with Crippen molar-refractivity contribution in [2.75, 3.05) is 11.9 Å². The number of nitrogens with one attached hydrogen (secondary N) is 1. The van der Waals surface area contributed by atoms with Gasteiger partial charge < -0.3 is 11.1 Å². The third-order valence-electron chi connectivity index (χ3n) is 3.36. The lowest BCUT2D eigenvalue weighted by Crippen LogP contribution is -2.39. The summed E-state index contributed by atoms with van der Waals surface area (Å²) in [6, 6.07) is 6.52. The average Bonchev–Trinajstić information content (AvgIpc) is 2.38. The van der Waals surface area contributed by atoms with Crippen molar-refractivity contribution in [2.24, 2.45) is 16.3 Å². The summed E-state index contributed by atoms with van der Waals surface area (Å²) in [5, 5.41) is 7.74. The summed E-state index contributed by atoms with van der Waals surface area (Å²) in [6.07, 6.45) is 0.638. The molecule has 0 spiro atoms. The van der Waals surface area contributed by atoms with Gasteiger partial charge in [0, 0.05) is 12.2 Å². The van der Waals surface area contributed by atoms with Crippen LogP contribution in [0, 0.1) is 5.41 Å². The van der Waals surface area contributed by atoms with E-state index in [-0.39, 0.29) is 18.2 Å². The standard InChI is InChI=1S/C13H21N3O3S/c1-3-13(2,9-14)12(17)16-11-6-4-10(5-7-11)8-20(15,18)19/h4-7H,3,8-9,14H2,1-2H3,(H,16,17)(H2,15,18,19). The Hall–Kier alpha value is -1.44. The van der Waals surface area contributed by atoms with Crippen LogP contribution in [0.1, 0.15) is 25.8 Å². The first kappa shape index (κ1) is 16.6. The predicted octanol–water partition coefficient (Wildman–Crippen LogP) is 0.789. The summed E-state index contributed by atoms with van der Waals surface area (Å²) in [7, 11) is -3.55. The van der Waals surface area contributed by atoms with Gasteiger partial charge in [0.05, 0.1) is 11.2 Å². The van der Waals surface area contributed by atoms with Gasteiger partial charge in [-0.25, -0.2) is 13.6 Å². The zero-order valence-corrected chi connectivity index (χ0v) is 12.5. The molecular formula is C13H21N3O3S. The topological polar surface area (TPSA) is 115 Å². The van der Waals surface area contributed by atoms with E-state index in [9.17, 15) is 13.2 Å². The molecule has 0 radical (unpaired) electrons. The molecule has 0 heterocycles. The van der Waals surface area contributed by atoms with Gasteiger partial charge in [0.1, 0.15) is 0 Å². The van der Waals surface area contributed by atoms with Crippen LogP contribution in [0.2, 0.25) is 0 Å². The van der Waals surface area contributed by atoms with E-state index >= 15 is 0 Å². The molecule has 0 aliphatic rings. The Kier molecular flexibility index (Phi) is 5.27. The first-order valence-corrected chi connectivity index (χ1v) is 8.02. The molecule has 1 atom stereocenters. The molecule has 1 aromatic rings. The van der Waals surface area contributed by atoms with E-state index in [4.69, 9.17) is 10.9 Å². The van der Waals surface area contributed by atoms with Crippen molar-refractivity contribution in [2.45, 2.75) is 26.0 Å². The highest BCUT2D eigenvalue weighted by Gasteiger charge is 2.29.